The number of nitrogens with zero attached hydrogens (tertiary/aromatic N) is 2. The van der Waals surface area contributed by atoms with Crippen LogP contribution in [0.3, 0.4) is 0 Å². The van der Waals surface area contributed by atoms with Crippen molar-refractivity contribution in [2.75, 3.05) is 5.32 Å². The first-order chi connectivity index (χ1) is 7.29. The van der Waals surface area contributed by atoms with Gasteiger partial charge in [-0.3, -0.25) is 4.79 Å². The quantitative estimate of drug-likeness (QED) is 0.858. The van der Waals surface area contributed by atoms with Gasteiger partial charge < -0.3 is 10.4 Å². The number of aliphatic carboxylic acids is 1. The average molecular weight is 255 g/mol. The number of hydrogen-bond acceptors (Lipinski definition) is 5. The zero-order valence-corrected chi connectivity index (χ0v) is 8.89. The van der Waals surface area contributed by atoms with Gasteiger partial charge in [-0.1, -0.05) is 0 Å². The van der Waals surface area contributed by atoms with E-state index in [0.29, 0.717) is 11.5 Å². The second kappa shape index (κ2) is 4.64. The van der Waals surface area contributed by atoms with Crippen molar-refractivity contribution in [3.05, 3.63) is 5.82 Å². The Morgan fingerprint density at radius 2 is 2.25 bits per heavy atom. The number of aromatic nitrogens is 2. The van der Waals surface area contributed by atoms with Crippen molar-refractivity contribution in [3.8, 4) is 0 Å². The maximum atomic E-state index is 12.1. The highest BCUT2D eigenvalue weighted by Crippen LogP contribution is 2.29. The van der Waals surface area contributed by atoms with Gasteiger partial charge in [0.05, 0.1) is 6.42 Å². The molecule has 16 heavy (non-hydrogen) atoms. The Bertz CT molecular complexity index is 379. The number of carboxylic acid groups (broad SMARTS) is 1. The topological polar surface area (TPSA) is 75.1 Å². The molecule has 0 amide bonds. The molecule has 2 N–H and O–H groups in total. The number of nitrogens with one attached hydrogen (secondary N) is 1. The van der Waals surface area contributed by atoms with Gasteiger partial charge in [0.15, 0.2) is 0 Å². The van der Waals surface area contributed by atoms with Crippen molar-refractivity contribution in [2.24, 2.45) is 0 Å². The predicted octanol–water partition coefficient (Wildman–Crippen LogP) is 1.83. The molecule has 0 aromatic carbocycles. The van der Waals surface area contributed by atoms with Crippen LogP contribution in [0.2, 0.25) is 0 Å². The smallest absolute Gasteiger partial charge is 0.452 e. The average Bonchev–Trinajstić information content (AvgIpc) is 2.49. The summed E-state index contributed by atoms with van der Waals surface area (Å²) in [7, 11) is 0. The molecule has 5 nitrogen and oxygen atoms in total. The van der Waals surface area contributed by atoms with Crippen LogP contribution in [0, 0.1) is 0 Å². The summed E-state index contributed by atoms with van der Waals surface area (Å²) in [6.45, 7) is 1.53. The molecule has 0 spiro atoms. The zero-order chi connectivity index (χ0) is 12.3. The number of hydrogen-bond donors (Lipinski definition) is 2. The van der Waals surface area contributed by atoms with E-state index in [1.54, 1.807) is 0 Å². The molecule has 0 saturated heterocycles. The van der Waals surface area contributed by atoms with E-state index in [4.69, 9.17) is 5.11 Å². The molecule has 0 aliphatic carbocycles. The lowest BCUT2D eigenvalue weighted by Gasteiger charge is -2.08. The summed E-state index contributed by atoms with van der Waals surface area (Å²) < 4.78 is 39.4. The van der Waals surface area contributed by atoms with E-state index in [1.165, 1.54) is 6.92 Å². The maximum Gasteiger partial charge on any atom is 0.452 e. The zero-order valence-electron chi connectivity index (χ0n) is 8.08. The van der Waals surface area contributed by atoms with E-state index in [1.807, 2.05) is 0 Å². The van der Waals surface area contributed by atoms with Crippen molar-refractivity contribution in [2.45, 2.75) is 25.6 Å². The predicted molar refractivity (Wildman–Crippen MR) is 50.2 cm³/mol. The Labute approximate surface area is 92.5 Å². The van der Waals surface area contributed by atoms with Crippen LogP contribution in [0.15, 0.2) is 0 Å². The summed E-state index contributed by atoms with van der Waals surface area (Å²) in [5.74, 6) is -2.26. The highest BCUT2D eigenvalue weighted by molar-refractivity contribution is 7.09. The van der Waals surface area contributed by atoms with Crippen molar-refractivity contribution in [1.29, 1.82) is 0 Å². The normalized spacial score (nSPS) is 13.5. The third-order valence-corrected chi connectivity index (χ3v) is 2.18. The molecule has 0 bridgehead atoms. The SMILES string of the molecule is CC(CC(=O)O)Nc1nc(C(F)(F)F)ns1. The van der Waals surface area contributed by atoms with Crippen LogP contribution in [0.25, 0.3) is 0 Å². The van der Waals surface area contributed by atoms with E-state index in [-0.39, 0.29) is 11.6 Å². The minimum absolute atomic E-state index is 0.0407. The molecule has 1 aromatic heterocycles. The summed E-state index contributed by atoms with van der Waals surface area (Å²) in [6.07, 6.45) is -4.78. The van der Waals surface area contributed by atoms with Gasteiger partial charge in [-0.25, -0.2) is 0 Å². The highest BCUT2D eigenvalue weighted by Gasteiger charge is 2.36. The molecular weight excluding hydrogens is 247 g/mol. The maximum absolute atomic E-state index is 12.1. The van der Waals surface area contributed by atoms with Crippen LogP contribution >= 0.6 is 11.5 Å². The second-order valence-corrected chi connectivity index (χ2v) is 3.82. The van der Waals surface area contributed by atoms with E-state index in [2.05, 4.69) is 14.7 Å². The minimum atomic E-state index is -4.58. The summed E-state index contributed by atoms with van der Waals surface area (Å²) >= 11 is 0.547. The Morgan fingerprint density at radius 1 is 1.62 bits per heavy atom. The molecule has 1 atom stereocenters. The summed E-state index contributed by atoms with van der Waals surface area (Å²) in [6, 6.07) is -0.508. The molecule has 1 rings (SSSR count). The summed E-state index contributed by atoms with van der Waals surface area (Å²) in [5.41, 5.74) is 0. The van der Waals surface area contributed by atoms with Crippen molar-refractivity contribution < 1.29 is 23.1 Å². The number of alkyl halides is 3. The second-order valence-electron chi connectivity index (χ2n) is 3.06. The first kappa shape index (κ1) is 12.7. The van der Waals surface area contributed by atoms with Crippen molar-refractivity contribution >= 4 is 22.6 Å². The first-order valence-electron chi connectivity index (χ1n) is 4.18. The lowest BCUT2D eigenvalue weighted by Crippen LogP contribution is -2.19. The van der Waals surface area contributed by atoms with Crippen LogP contribution in [0.4, 0.5) is 18.3 Å². The molecule has 0 fully saturated rings. The van der Waals surface area contributed by atoms with Gasteiger partial charge in [0, 0.05) is 17.6 Å². The molecule has 1 aromatic rings. The van der Waals surface area contributed by atoms with Crippen LogP contribution in [-0.2, 0) is 11.0 Å². The molecule has 1 heterocycles. The monoisotopic (exact) mass is 255 g/mol. The third kappa shape index (κ3) is 3.65. The van der Waals surface area contributed by atoms with Crippen LogP contribution < -0.4 is 5.32 Å². The summed E-state index contributed by atoms with van der Waals surface area (Å²) in [5, 5.41) is 10.9. The fraction of sp³-hybridized carbons (Fsp3) is 0.571. The molecule has 0 aliphatic rings. The van der Waals surface area contributed by atoms with Crippen molar-refractivity contribution in [1.82, 2.24) is 9.36 Å². The number of halogens is 3. The molecule has 0 saturated carbocycles. The molecule has 90 valence electrons. The van der Waals surface area contributed by atoms with Crippen LogP contribution in [0.1, 0.15) is 19.2 Å². The van der Waals surface area contributed by atoms with E-state index < -0.39 is 24.0 Å². The number of rotatable bonds is 4. The van der Waals surface area contributed by atoms with Crippen LogP contribution in [-0.4, -0.2) is 26.5 Å². The van der Waals surface area contributed by atoms with Gasteiger partial charge in [0.25, 0.3) is 0 Å². The fourth-order valence-corrected chi connectivity index (χ4v) is 1.62. The summed E-state index contributed by atoms with van der Waals surface area (Å²) in [4.78, 5) is 13.5. The van der Waals surface area contributed by atoms with Crippen molar-refractivity contribution in [3.63, 3.8) is 0 Å². The lowest BCUT2D eigenvalue weighted by molar-refractivity contribution is -0.144. The first-order valence-corrected chi connectivity index (χ1v) is 4.95. The number of anilines is 1. The van der Waals surface area contributed by atoms with E-state index in [0.717, 1.165) is 0 Å². The van der Waals surface area contributed by atoms with Gasteiger partial charge in [0.2, 0.25) is 11.0 Å². The molecular formula is C7H8F3N3O2S. The Kier molecular flexibility index (Phi) is 3.68. The lowest BCUT2D eigenvalue weighted by atomic mass is 10.2. The standard InChI is InChI=1S/C7H8F3N3O2S/c1-3(2-4(14)15)11-6-12-5(13-16-6)7(8,9)10/h3H,2H2,1H3,(H,14,15)(H,11,12,13). The van der Waals surface area contributed by atoms with Gasteiger partial charge in [-0.05, 0) is 6.92 Å². The minimum Gasteiger partial charge on any atom is -0.481 e. The fourth-order valence-electron chi connectivity index (χ4n) is 0.921. The Hall–Kier alpha value is -1.38. The number of carbonyl (C=O) groups is 1. The highest BCUT2D eigenvalue weighted by atomic mass is 32.1. The van der Waals surface area contributed by atoms with E-state index in [9.17, 15) is 18.0 Å². The Morgan fingerprint density at radius 3 is 2.69 bits per heavy atom. The molecule has 0 radical (unpaired) electrons. The largest absolute Gasteiger partial charge is 0.481 e. The molecule has 9 heteroatoms. The number of carboxylic acids is 1. The van der Waals surface area contributed by atoms with Gasteiger partial charge >= 0.3 is 12.1 Å². The Balaban J connectivity index is 2.62. The van der Waals surface area contributed by atoms with Gasteiger partial charge in [-0.2, -0.15) is 22.5 Å². The van der Waals surface area contributed by atoms with E-state index >= 15 is 0 Å². The molecule has 1 unspecified atom stereocenters. The van der Waals surface area contributed by atoms with Crippen LogP contribution in [0.5, 0.6) is 0 Å². The molecule has 0 aliphatic heterocycles. The third-order valence-electron chi connectivity index (χ3n) is 1.53. The van der Waals surface area contributed by atoms with Gasteiger partial charge in [-0.15, -0.1) is 0 Å². The van der Waals surface area contributed by atoms with Gasteiger partial charge in [0.1, 0.15) is 0 Å².